The number of fused-ring (bicyclic) bond motifs is 1. The highest BCUT2D eigenvalue weighted by atomic mass is 32.1. The van der Waals surface area contributed by atoms with E-state index in [9.17, 15) is 4.39 Å². The van der Waals surface area contributed by atoms with Gasteiger partial charge in [-0.15, -0.1) is 11.3 Å². The van der Waals surface area contributed by atoms with Gasteiger partial charge in [0.25, 0.3) is 0 Å². The Labute approximate surface area is 104 Å². The van der Waals surface area contributed by atoms with Gasteiger partial charge in [0.05, 0.1) is 0 Å². The van der Waals surface area contributed by atoms with Crippen LogP contribution in [0.3, 0.4) is 0 Å². The average molecular weight is 247 g/mol. The number of nitrogens with one attached hydrogen (secondary N) is 1. The van der Waals surface area contributed by atoms with Crippen molar-refractivity contribution in [1.29, 1.82) is 0 Å². The van der Waals surface area contributed by atoms with E-state index in [0.717, 1.165) is 23.5 Å². The molecule has 1 atom stereocenters. The minimum absolute atomic E-state index is 0.133. The molecule has 1 unspecified atom stereocenters. The van der Waals surface area contributed by atoms with Crippen molar-refractivity contribution in [1.82, 2.24) is 5.32 Å². The molecule has 2 aromatic rings. The summed E-state index contributed by atoms with van der Waals surface area (Å²) in [6.07, 6.45) is 0. The number of benzene rings is 1. The predicted molar refractivity (Wildman–Crippen MR) is 69.8 cm³/mol. The maximum absolute atomic E-state index is 13.7. The molecule has 0 saturated carbocycles. The normalized spacial score (nSPS) is 19.1. The first kappa shape index (κ1) is 10.9. The van der Waals surface area contributed by atoms with Crippen molar-refractivity contribution in [2.45, 2.75) is 19.4 Å². The largest absolute Gasteiger partial charge is 0.312 e. The summed E-state index contributed by atoms with van der Waals surface area (Å²) in [7, 11) is 0. The highest BCUT2D eigenvalue weighted by Gasteiger charge is 2.20. The Morgan fingerprint density at radius 2 is 2.18 bits per heavy atom. The average Bonchev–Trinajstić information content (AvgIpc) is 2.75. The molecule has 1 aromatic carbocycles. The van der Waals surface area contributed by atoms with Crippen LogP contribution in [0.25, 0.3) is 10.4 Å². The van der Waals surface area contributed by atoms with Crippen LogP contribution < -0.4 is 5.32 Å². The number of hydrogen-bond acceptors (Lipinski definition) is 2. The van der Waals surface area contributed by atoms with E-state index >= 15 is 0 Å². The molecule has 1 nitrogen and oxygen atoms in total. The SMILES string of the molecule is CC1CNCc2cc(-c3ccccc3F)sc21. The minimum Gasteiger partial charge on any atom is -0.312 e. The van der Waals surface area contributed by atoms with Crippen LogP contribution in [-0.4, -0.2) is 6.54 Å². The monoisotopic (exact) mass is 247 g/mol. The fraction of sp³-hybridized carbons (Fsp3) is 0.286. The fourth-order valence-corrected chi connectivity index (χ4v) is 3.57. The van der Waals surface area contributed by atoms with E-state index in [0.29, 0.717) is 5.92 Å². The summed E-state index contributed by atoms with van der Waals surface area (Å²) in [5.74, 6) is 0.399. The third kappa shape index (κ3) is 1.90. The van der Waals surface area contributed by atoms with Gasteiger partial charge in [-0.2, -0.15) is 0 Å². The van der Waals surface area contributed by atoms with Gasteiger partial charge >= 0.3 is 0 Å². The molecule has 1 aromatic heterocycles. The number of halogens is 1. The fourth-order valence-electron chi connectivity index (χ4n) is 2.31. The van der Waals surface area contributed by atoms with E-state index in [1.807, 2.05) is 12.1 Å². The van der Waals surface area contributed by atoms with Gasteiger partial charge in [0.15, 0.2) is 0 Å². The lowest BCUT2D eigenvalue weighted by Gasteiger charge is -2.18. The van der Waals surface area contributed by atoms with Gasteiger partial charge in [0, 0.05) is 34.3 Å². The molecule has 0 saturated heterocycles. The van der Waals surface area contributed by atoms with Crippen molar-refractivity contribution >= 4 is 11.3 Å². The number of thiophene rings is 1. The van der Waals surface area contributed by atoms with Crippen LogP contribution in [0.1, 0.15) is 23.3 Å². The lowest BCUT2D eigenvalue weighted by molar-refractivity contribution is 0.581. The summed E-state index contributed by atoms with van der Waals surface area (Å²) in [5.41, 5.74) is 2.05. The molecule has 17 heavy (non-hydrogen) atoms. The second kappa shape index (κ2) is 4.24. The van der Waals surface area contributed by atoms with Gasteiger partial charge < -0.3 is 5.32 Å². The summed E-state index contributed by atoms with van der Waals surface area (Å²) < 4.78 is 13.7. The molecule has 2 heterocycles. The van der Waals surface area contributed by atoms with Gasteiger partial charge in [-0.05, 0) is 17.7 Å². The molecule has 0 radical (unpaired) electrons. The highest BCUT2D eigenvalue weighted by molar-refractivity contribution is 7.15. The van der Waals surface area contributed by atoms with Crippen molar-refractivity contribution in [3.8, 4) is 10.4 Å². The molecule has 0 amide bonds. The summed E-state index contributed by atoms with van der Waals surface area (Å²) >= 11 is 1.73. The first-order valence-corrected chi connectivity index (χ1v) is 6.65. The van der Waals surface area contributed by atoms with E-state index in [1.165, 1.54) is 16.5 Å². The zero-order valence-corrected chi connectivity index (χ0v) is 10.5. The molecule has 1 aliphatic rings. The van der Waals surface area contributed by atoms with Crippen molar-refractivity contribution in [2.75, 3.05) is 6.54 Å². The van der Waals surface area contributed by atoms with Crippen molar-refractivity contribution in [2.24, 2.45) is 0 Å². The Morgan fingerprint density at radius 3 is 2.94 bits per heavy atom. The quantitative estimate of drug-likeness (QED) is 0.809. The summed E-state index contributed by atoms with van der Waals surface area (Å²) in [6, 6.07) is 9.12. The molecule has 0 fully saturated rings. The smallest absolute Gasteiger partial charge is 0.131 e. The molecule has 1 N–H and O–H groups in total. The molecular weight excluding hydrogens is 233 g/mol. The second-order valence-corrected chi connectivity index (χ2v) is 5.60. The van der Waals surface area contributed by atoms with E-state index in [2.05, 4.69) is 18.3 Å². The maximum atomic E-state index is 13.7. The molecule has 1 aliphatic heterocycles. The molecular formula is C14H14FNS. The van der Waals surface area contributed by atoms with Crippen molar-refractivity contribution in [3.05, 3.63) is 46.6 Å². The van der Waals surface area contributed by atoms with Crippen molar-refractivity contribution in [3.63, 3.8) is 0 Å². The Morgan fingerprint density at radius 1 is 1.35 bits per heavy atom. The van der Waals surface area contributed by atoms with Crippen LogP contribution in [0.2, 0.25) is 0 Å². The van der Waals surface area contributed by atoms with Crippen LogP contribution in [0.5, 0.6) is 0 Å². The summed E-state index contributed by atoms with van der Waals surface area (Å²) in [4.78, 5) is 2.45. The molecule has 0 aliphatic carbocycles. The van der Waals surface area contributed by atoms with Gasteiger partial charge in [-0.1, -0.05) is 25.1 Å². The first-order chi connectivity index (χ1) is 8.25. The zero-order valence-electron chi connectivity index (χ0n) is 9.66. The lowest BCUT2D eigenvalue weighted by Crippen LogP contribution is -2.24. The zero-order chi connectivity index (χ0) is 11.8. The molecule has 0 spiro atoms. The second-order valence-electron chi connectivity index (χ2n) is 4.51. The standard InChI is InChI=1S/C14H14FNS/c1-9-7-16-8-10-6-13(17-14(9)10)11-4-2-3-5-12(11)15/h2-6,9,16H,7-8H2,1H3. The third-order valence-electron chi connectivity index (χ3n) is 3.19. The number of hydrogen-bond donors (Lipinski definition) is 1. The third-order valence-corrected chi connectivity index (χ3v) is 4.64. The molecule has 3 heteroatoms. The molecule has 88 valence electrons. The van der Waals surface area contributed by atoms with E-state index < -0.39 is 0 Å². The van der Waals surface area contributed by atoms with Crippen LogP contribution >= 0.6 is 11.3 Å². The van der Waals surface area contributed by atoms with Crippen LogP contribution in [0, 0.1) is 5.82 Å². The van der Waals surface area contributed by atoms with Gasteiger partial charge in [-0.25, -0.2) is 4.39 Å². The topological polar surface area (TPSA) is 12.0 Å². The van der Waals surface area contributed by atoms with Crippen LogP contribution in [0.4, 0.5) is 4.39 Å². The van der Waals surface area contributed by atoms with Crippen LogP contribution in [-0.2, 0) is 6.54 Å². The van der Waals surface area contributed by atoms with Gasteiger partial charge in [-0.3, -0.25) is 0 Å². The van der Waals surface area contributed by atoms with Gasteiger partial charge in [0.2, 0.25) is 0 Å². The van der Waals surface area contributed by atoms with E-state index in [1.54, 1.807) is 17.4 Å². The van der Waals surface area contributed by atoms with Crippen molar-refractivity contribution < 1.29 is 4.39 Å². The predicted octanol–water partition coefficient (Wildman–Crippen LogP) is 3.76. The van der Waals surface area contributed by atoms with E-state index in [4.69, 9.17) is 0 Å². The first-order valence-electron chi connectivity index (χ1n) is 5.84. The Bertz CT molecular complexity index is 547. The Balaban J connectivity index is 2.08. The lowest BCUT2D eigenvalue weighted by atomic mass is 10.0. The maximum Gasteiger partial charge on any atom is 0.131 e. The Kier molecular flexibility index (Phi) is 2.73. The van der Waals surface area contributed by atoms with Gasteiger partial charge in [0.1, 0.15) is 5.82 Å². The summed E-state index contributed by atoms with van der Waals surface area (Å²) in [5, 5.41) is 3.38. The molecule has 3 rings (SSSR count). The number of rotatable bonds is 1. The molecule has 0 bridgehead atoms. The highest BCUT2D eigenvalue weighted by Crippen LogP contribution is 2.38. The summed E-state index contributed by atoms with van der Waals surface area (Å²) in [6.45, 7) is 4.14. The Hall–Kier alpha value is -1.19. The minimum atomic E-state index is -0.133. The van der Waals surface area contributed by atoms with E-state index in [-0.39, 0.29) is 5.82 Å². The van der Waals surface area contributed by atoms with Crippen LogP contribution in [0.15, 0.2) is 30.3 Å².